The Balaban J connectivity index is 1.81. The fourth-order valence-electron chi connectivity index (χ4n) is 4.25. The van der Waals surface area contributed by atoms with Crippen LogP contribution in [0.15, 0.2) is 18.2 Å². The lowest BCUT2D eigenvalue weighted by Gasteiger charge is -2.31. The number of nitrogens with zero attached hydrogens (tertiary/aromatic N) is 3. The summed E-state index contributed by atoms with van der Waals surface area (Å²) in [6.07, 6.45) is -3.75. The Hall–Kier alpha value is -2.21. The van der Waals surface area contributed by atoms with E-state index in [0.717, 1.165) is 36.8 Å². The van der Waals surface area contributed by atoms with Gasteiger partial charge in [0.05, 0.1) is 22.5 Å². The molecule has 0 saturated carbocycles. The number of nitrogens with one attached hydrogen (secondary N) is 2. The molecule has 152 valence electrons. The molecule has 2 aromatic rings. The number of fused-ring (bicyclic) bond motifs is 3. The standard InChI is InChI=1S/C19H16Cl2F3N5/c1-29-14-2-3-26-8-12(14)11-5-10(4-9(7-25)17(11)29)27-16-13(19(22,23)24)6-15(20)28-18(16)21/h4-6,12,14,26-27H,2-3,8H2,1H3/t12-,14-/m0/s1. The maximum absolute atomic E-state index is 13.5. The Morgan fingerprint density at radius 1 is 1.31 bits per heavy atom. The molecule has 5 nitrogen and oxygen atoms in total. The maximum Gasteiger partial charge on any atom is 0.418 e. The summed E-state index contributed by atoms with van der Waals surface area (Å²) in [4.78, 5) is 5.82. The summed E-state index contributed by atoms with van der Waals surface area (Å²) in [5.41, 5.74) is 1.09. The van der Waals surface area contributed by atoms with Crippen LogP contribution in [0, 0.1) is 11.3 Å². The van der Waals surface area contributed by atoms with Gasteiger partial charge in [0.2, 0.25) is 0 Å². The number of piperidine rings is 1. The number of hydrogen-bond donors (Lipinski definition) is 2. The topological polar surface area (TPSA) is 64.0 Å². The third-order valence-corrected chi connectivity index (χ3v) is 5.94. The molecule has 0 radical (unpaired) electrons. The number of hydrogen-bond acceptors (Lipinski definition) is 5. The molecule has 0 amide bonds. The minimum Gasteiger partial charge on any atom is -0.370 e. The Morgan fingerprint density at radius 2 is 2.07 bits per heavy atom. The van der Waals surface area contributed by atoms with Gasteiger partial charge < -0.3 is 15.5 Å². The fourth-order valence-corrected chi connectivity index (χ4v) is 4.73. The molecule has 1 aromatic heterocycles. The van der Waals surface area contributed by atoms with Crippen molar-refractivity contribution in [2.75, 3.05) is 30.4 Å². The van der Waals surface area contributed by atoms with Gasteiger partial charge in [-0.05, 0) is 36.7 Å². The van der Waals surface area contributed by atoms with Crippen LogP contribution in [-0.2, 0) is 6.18 Å². The molecule has 1 aromatic carbocycles. The number of pyridine rings is 1. The summed E-state index contributed by atoms with van der Waals surface area (Å²) < 4.78 is 40.5. The molecule has 29 heavy (non-hydrogen) atoms. The number of halogens is 5. The number of aromatic nitrogens is 1. The highest BCUT2D eigenvalue weighted by molar-refractivity contribution is 6.34. The van der Waals surface area contributed by atoms with Crippen molar-refractivity contribution in [3.8, 4) is 6.07 Å². The summed E-state index contributed by atoms with van der Waals surface area (Å²) >= 11 is 11.6. The van der Waals surface area contributed by atoms with Crippen LogP contribution in [0.25, 0.3) is 0 Å². The second-order valence-corrected chi connectivity index (χ2v) is 7.88. The van der Waals surface area contributed by atoms with Crippen molar-refractivity contribution in [3.63, 3.8) is 0 Å². The van der Waals surface area contributed by atoms with Crippen LogP contribution in [-0.4, -0.2) is 31.2 Å². The average molecular weight is 442 g/mol. The molecule has 0 spiro atoms. The molecule has 10 heteroatoms. The summed E-state index contributed by atoms with van der Waals surface area (Å²) in [7, 11) is 1.95. The van der Waals surface area contributed by atoms with Crippen molar-refractivity contribution in [3.05, 3.63) is 45.2 Å². The number of alkyl halides is 3. The van der Waals surface area contributed by atoms with E-state index in [2.05, 4.69) is 26.6 Å². The van der Waals surface area contributed by atoms with Crippen LogP contribution in [0.3, 0.4) is 0 Å². The predicted molar refractivity (Wildman–Crippen MR) is 106 cm³/mol. The number of benzene rings is 1. The van der Waals surface area contributed by atoms with E-state index in [1.54, 1.807) is 6.07 Å². The molecule has 3 heterocycles. The minimum absolute atomic E-state index is 0.151. The van der Waals surface area contributed by atoms with E-state index in [0.29, 0.717) is 11.3 Å². The fraction of sp³-hybridized carbons (Fsp3) is 0.368. The van der Waals surface area contributed by atoms with Gasteiger partial charge in [-0.25, -0.2) is 4.98 Å². The zero-order valence-electron chi connectivity index (χ0n) is 15.2. The van der Waals surface area contributed by atoms with Gasteiger partial charge >= 0.3 is 6.18 Å². The molecule has 1 saturated heterocycles. The van der Waals surface area contributed by atoms with Crippen molar-refractivity contribution in [2.24, 2.45) is 0 Å². The van der Waals surface area contributed by atoms with Gasteiger partial charge in [-0.2, -0.15) is 18.4 Å². The summed E-state index contributed by atoms with van der Waals surface area (Å²) in [6, 6.07) is 6.46. The lowest BCUT2D eigenvalue weighted by atomic mass is 9.89. The Morgan fingerprint density at radius 3 is 2.76 bits per heavy atom. The molecule has 2 N–H and O–H groups in total. The Kier molecular flexibility index (Phi) is 5.01. The van der Waals surface area contributed by atoms with Gasteiger partial charge in [-0.3, -0.25) is 0 Å². The van der Waals surface area contributed by atoms with Crippen LogP contribution in [0.5, 0.6) is 0 Å². The second-order valence-electron chi connectivity index (χ2n) is 7.13. The monoisotopic (exact) mass is 441 g/mol. The number of nitriles is 1. The van der Waals surface area contributed by atoms with Gasteiger partial charge in [-0.15, -0.1) is 0 Å². The van der Waals surface area contributed by atoms with Crippen molar-refractivity contribution in [1.29, 1.82) is 5.26 Å². The van der Waals surface area contributed by atoms with E-state index in [4.69, 9.17) is 23.2 Å². The van der Waals surface area contributed by atoms with E-state index in [-0.39, 0.29) is 17.1 Å². The van der Waals surface area contributed by atoms with Crippen molar-refractivity contribution < 1.29 is 13.2 Å². The third-order valence-electron chi connectivity index (χ3n) is 5.47. The highest BCUT2D eigenvalue weighted by Crippen LogP contribution is 2.47. The van der Waals surface area contributed by atoms with Gasteiger partial charge in [0.1, 0.15) is 11.2 Å². The van der Waals surface area contributed by atoms with E-state index in [9.17, 15) is 18.4 Å². The van der Waals surface area contributed by atoms with Gasteiger partial charge in [0.15, 0.2) is 5.15 Å². The predicted octanol–water partition coefficient (Wildman–Crippen LogP) is 4.92. The number of rotatable bonds is 2. The molecule has 0 bridgehead atoms. The molecule has 0 aliphatic carbocycles. The molecule has 1 fully saturated rings. The molecular weight excluding hydrogens is 426 g/mol. The first-order chi connectivity index (χ1) is 13.7. The quantitative estimate of drug-likeness (QED) is 0.647. The minimum atomic E-state index is -4.67. The summed E-state index contributed by atoms with van der Waals surface area (Å²) in [6.45, 7) is 1.63. The highest BCUT2D eigenvalue weighted by Gasteiger charge is 2.40. The van der Waals surface area contributed by atoms with E-state index in [1.165, 1.54) is 6.07 Å². The van der Waals surface area contributed by atoms with Crippen LogP contribution >= 0.6 is 23.2 Å². The SMILES string of the molecule is CN1c2c(C#N)cc(Nc3c(C(F)(F)F)cc(Cl)nc3Cl)cc2[C@@H]2CNCC[C@@H]21. The van der Waals surface area contributed by atoms with Crippen LogP contribution in [0.4, 0.5) is 30.2 Å². The summed E-state index contributed by atoms with van der Waals surface area (Å²) in [5, 5.41) is 15.0. The van der Waals surface area contributed by atoms with Gasteiger partial charge in [-0.1, -0.05) is 23.2 Å². The maximum atomic E-state index is 13.5. The lowest BCUT2D eigenvalue weighted by molar-refractivity contribution is -0.137. The number of anilines is 3. The van der Waals surface area contributed by atoms with Gasteiger partial charge in [0.25, 0.3) is 0 Å². The largest absolute Gasteiger partial charge is 0.418 e. The molecule has 2 aliphatic rings. The Bertz CT molecular complexity index is 1020. The number of likely N-dealkylation sites (N-methyl/N-ethyl adjacent to an activating group) is 1. The third kappa shape index (κ3) is 3.48. The zero-order chi connectivity index (χ0) is 20.9. The smallest absolute Gasteiger partial charge is 0.370 e. The van der Waals surface area contributed by atoms with E-state index < -0.39 is 22.6 Å². The van der Waals surface area contributed by atoms with Crippen LogP contribution < -0.4 is 15.5 Å². The normalized spacial score (nSPS) is 20.8. The Labute approximate surface area is 175 Å². The lowest BCUT2D eigenvalue weighted by Crippen LogP contribution is -2.42. The van der Waals surface area contributed by atoms with Crippen LogP contribution in [0.2, 0.25) is 10.3 Å². The molecule has 4 rings (SSSR count). The molecule has 2 aliphatic heterocycles. The van der Waals surface area contributed by atoms with E-state index in [1.807, 2.05) is 7.05 Å². The van der Waals surface area contributed by atoms with Crippen molar-refractivity contribution in [2.45, 2.75) is 24.6 Å². The van der Waals surface area contributed by atoms with Crippen molar-refractivity contribution >= 4 is 40.3 Å². The highest BCUT2D eigenvalue weighted by atomic mass is 35.5. The first kappa shape index (κ1) is 20.1. The zero-order valence-corrected chi connectivity index (χ0v) is 16.8. The van der Waals surface area contributed by atoms with Crippen molar-refractivity contribution in [1.82, 2.24) is 10.3 Å². The first-order valence-electron chi connectivity index (χ1n) is 8.92. The van der Waals surface area contributed by atoms with E-state index >= 15 is 0 Å². The first-order valence-corrected chi connectivity index (χ1v) is 9.68. The van der Waals surface area contributed by atoms with Crippen LogP contribution in [0.1, 0.15) is 29.0 Å². The average Bonchev–Trinajstić information content (AvgIpc) is 2.95. The molecular formula is C19H16Cl2F3N5. The molecule has 0 unspecified atom stereocenters. The summed E-state index contributed by atoms with van der Waals surface area (Å²) in [5.74, 6) is 0.151. The van der Waals surface area contributed by atoms with Gasteiger partial charge in [0, 0.05) is 31.2 Å². The second kappa shape index (κ2) is 7.24. The molecule has 2 atom stereocenters.